The molecule has 3 aromatic rings. The normalized spacial score (nSPS) is 10.8. The third kappa shape index (κ3) is 4.83. The lowest BCUT2D eigenvalue weighted by Gasteiger charge is -2.04. The lowest BCUT2D eigenvalue weighted by Crippen LogP contribution is -2.17. The molecule has 0 saturated heterocycles. The number of methoxy groups -OCH3 is 1. The summed E-state index contributed by atoms with van der Waals surface area (Å²) in [4.78, 5) is 22.5. The van der Waals surface area contributed by atoms with Crippen LogP contribution in [0.1, 0.15) is 27.2 Å². The largest absolute Gasteiger partial charge is 0.496 e. The average Bonchev–Trinajstić information content (AvgIpc) is 3.09. The lowest BCUT2D eigenvalue weighted by molar-refractivity contribution is -0.389. The minimum absolute atomic E-state index is 0.189. The molecule has 0 unspecified atom stereocenters. The van der Waals surface area contributed by atoms with Gasteiger partial charge in [-0.05, 0) is 41.7 Å². The Morgan fingerprint density at radius 2 is 2.00 bits per heavy atom. The number of amides is 1. The van der Waals surface area contributed by atoms with Gasteiger partial charge >= 0.3 is 5.82 Å². The highest BCUT2D eigenvalue weighted by Gasteiger charge is 2.15. The van der Waals surface area contributed by atoms with Gasteiger partial charge in [-0.15, -0.1) is 0 Å². The number of nitrogens with one attached hydrogen (secondary N) is 1. The van der Waals surface area contributed by atoms with Crippen LogP contribution in [0.15, 0.2) is 59.7 Å². The Morgan fingerprint density at radius 3 is 2.66 bits per heavy atom. The average molecular weight is 393 g/mol. The molecule has 148 valence electrons. The van der Waals surface area contributed by atoms with Crippen molar-refractivity contribution in [3.05, 3.63) is 87.1 Å². The minimum atomic E-state index is -0.525. The fourth-order valence-electron chi connectivity index (χ4n) is 2.67. The van der Waals surface area contributed by atoms with E-state index in [0.29, 0.717) is 23.6 Å². The Morgan fingerprint density at radius 1 is 1.28 bits per heavy atom. The Kier molecular flexibility index (Phi) is 5.98. The van der Waals surface area contributed by atoms with Gasteiger partial charge in [0.05, 0.1) is 36.7 Å². The molecule has 0 atom stereocenters. The number of nitrogens with zero attached hydrogens (tertiary/aromatic N) is 4. The summed E-state index contributed by atoms with van der Waals surface area (Å²) in [6.07, 6.45) is 1.51. The molecule has 0 aliphatic carbocycles. The van der Waals surface area contributed by atoms with E-state index in [1.165, 1.54) is 12.3 Å². The molecule has 9 heteroatoms. The van der Waals surface area contributed by atoms with E-state index >= 15 is 0 Å². The van der Waals surface area contributed by atoms with Gasteiger partial charge in [-0.3, -0.25) is 4.79 Å². The van der Waals surface area contributed by atoms with Crippen LogP contribution < -0.4 is 10.2 Å². The molecular formula is C20H19N5O4. The monoisotopic (exact) mass is 393 g/mol. The quantitative estimate of drug-likeness (QED) is 0.377. The van der Waals surface area contributed by atoms with E-state index in [0.717, 1.165) is 11.1 Å². The van der Waals surface area contributed by atoms with Crippen LogP contribution in [0.4, 0.5) is 5.82 Å². The smallest absolute Gasteiger partial charge is 0.390 e. The number of hydrogen-bond donors (Lipinski definition) is 1. The van der Waals surface area contributed by atoms with Gasteiger partial charge in [0.1, 0.15) is 5.75 Å². The second kappa shape index (κ2) is 8.79. The molecule has 3 rings (SSSR count). The van der Waals surface area contributed by atoms with Crippen molar-refractivity contribution < 1.29 is 14.5 Å². The van der Waals surface area contributed by atoms with Crippen LogP contribution in [0.3, 0.4) is 0 Å². The molecule has 0 spiro atoms. The summed E-state index contributed by atoms with van der Waals surface area (Å²) in [5.41, 5.74) is 5.20. The summed E-state index contributed by atoms with van der Waals surface area (Å²) in [6.45, 7) is 2.12. The first-order chi connectivity index (χ1) is 14.0. The molecule has 1 heterocycles. The molecule has 0 radical (unpaired) electrons. The van der Waals surface area contributed by atoms with E-state index in [9.17, 15) is 14.9 Å². The van der Waals surface area contributed by atoms with Crippen LogP contribution in [0, 0.1) is 17.0 Å². The second-order valence-corrected chi connectivity index (χ2v) is 6.20. The first-order valence-corrected chi connectivity index (χ1v) is 8.72. The van der Waals surface area contributed by atoms with Crippen molar-refractivity contribution in [1.82, 2.24) is 15.2 Å². The SMILES string of the molecule is COc1ccccc1/C=N\NC(=O)c1ccc(Cn2nc([N+](=O)[O-])cc2C)cc1. The first kappa shape index (κ1) is 19.7. The zero-order valence-corrected chi connectivity index (χ0v) is 15.9. The van der Waals surface area contributed by atoms with E-state index in [2.05, 4.69) is 15.6 Å². The molecule has 1 aromatic heterocycles. The number of para-hydroxylation sites is 1. The summed E-state index contributed by atoms with van der Waals surface area (Å²) in [6, 6.07) is 15.6. The molecule has 9 nitrogen and oxygen atoms in total. The molecule has 0 aliphatic heterocycles. The molecule has 0 saturated carbocycles. The van der Waals surface area contributed by atoms with E-state index in [1.54, 1.807) is 49.0 Å². The zero-order valence-electron chi connectivity index (χ0n) is 15.9. The molecule has 1 N–H and O–H groups in total. The summed E-state index contributed by atoms with van der Waals surface area (Å²) >= 11 is 0. The number of hydrazone groups is 1. The predicted molar refractivity (Wildman–Crippen MR) is 107 cm³/mol. The third-order valence-corrected chi connectivity index (χ3v) is 4.21. The van der Waals surface area contributed by atoms with Crippen LogP contribution in [0.5, 0.6) is 5.75 Å². The molecule has 29 heavy (non-hydrogen) atoms. The first-order valence-electron chi connectivity index (χ1n) is 8.72. The number of benzene rings is 2. The van der Waals surface area contributed by atoms with Gasteiger partial charge in [0, 0.05) is 11.1 Å². The van der Waals surface area contributed by atoms with Gasteiger partial charge in [-0.1, -0.05) is 24.3 Å². The van der Waals surface area contributed by atoms with Gasteiger partial charge in [-0.2, -0.15) is 9.78 Å². The molecule has 0 bridgehead atoms. The van der Waals surface area contributed by atoms with Crippen molar-refractivity contribution in [2.45, 2.75) is 13.5 Å². The summed E-state index contributed by atoms with van der Waals surface area (Å²) in [5, 5.41) is 18.7. The number of rotatable bonds is 7. The van der Waals surface area contributed by atoms with Crippen molar-refractivity contribution in [1.29, 1.82) is 0 Å². The van der Waals surface area contributed by atoms with E-state index < -0.39 is 4.92 Å². The second-order valence-electron chi connectivity index (χ2n) is 6.20. The number of ether oxygens (including phenoxy) is 1. The van der Waals surface area contributed by atoms with Crippen LogP contribution in [-0.2, 0) is 6.54 Å². The van der Waals surface area contributed by atoms with Gasteiger partial charge in [0.25, 0.3) is 5.91 Å². The van der Waals surface area contributed by atoms with E-state index in [1.807, 2.05) is 18.2 Å². The maximum Gasteiger partial charge on any atom is 0.390 e. The number of aryl methyl sites for hydroxylation is 1. The number of nitro groups is 1. The molecule has 0 aliphatic rings. The lowest BCUT2D eigenvalue weighted by atomic mass is 10.1. The minimum Gasteiger partial charge on any atom is -0.496 e. The number of hydrogen-bond acceptors (Lipinski definition) is 6. The van der Waals surface area contributed by atoms with Crippen LogP contribution in [0.2, 0.25) is 0 Å². The fourth-order valence-corrected chi connectivity index (χ4v) is 2.67. The third-order valence-electron chi connectivity index (χ3n) is 4.21. The predicted octanol–water partition coefficient (Wildman–Crippen LogP) is 2.92. The zero-order chi connectivity index (χ0) is 20.8. The topological polar surface area (TPSA) is 112 Å². The highest BCUT2D eigenvalue weighted by molar-refractivity contribution is 5.95. The van der Waals surface area contributed by atoms with E-state index in [4.69, 9.17) is 4.74 Å². The van der Waals surface area contributed by atoms with E-state index in [-0.39, 0.29) is 11.7 Å². The van der Waals surface area contributed by atoms with Crippen molar-refractivity contribution in [3.8, 4) is 5.75 Å². The van der Waals surface area contributed by atoms with Crippen molar-refractivity contribution in [2.24, 2.45) is 5.10 Å². The summed E-state index contributed by atoms with van der Waals surface area (Å²) in [5.74, 6) is 0.115. The van der Waals surface area contributed by atoms with Crippen LogP contribution in [-0.4, -0.2) is 33.9 Å². The highest BCUT2D eigenvalue weighted by Crippen LogP contribution is 2.15. The molecular weight excluding hydrogens is 374 g/mol. The molecule has 2 aromatic carbocycles. The van der Waals surface area contributed by atoms with Crippen LogP contribution in [0.25, 0.3) is 0 Å². The maximum absolute atomic E-state index is 12.2. The number of aromatic nitrogens is 2. The van der Waals surface area contributed by atoms with Crippen molar-refractivity contribution >= 4 is 17.9 Å². The number of carbonyl (C=O) groups excluding carboxylic acids is 1. The standard InChI is InChI=1S/C20H19N5O4/c1-14-11-19(25(27)28)23-24(14)13-15-7-9-16(10-8-15)20(26)22-21-12-17-5-3-4-6-18(17)29-2/h3-12H,13H2,1-2H3,(H,22,26)/b21-12-. The summed E-state index contributed by atoms with van der Waals surface area (Å²) in [7, 11) is 1.57. The number of carbonyl (C=O) groups is 1. The maximum atomic E-state index is 12.2. The highest BCUT2D eigenvalue weighted by atomic mass is 16.6. The van der Waals surface area contributed by atoms with Crippen LogP contribution >= 0.6 is 0 Å². The van der Waals surface area contributed by atoms with Crippen molar-refractivity contribution in [3.63, 3.8) is 0 Å². The van der Waals surface area contributed by atoms with Crippen molar-refractivity contribution in [2.75, 3.05) is 7.11 Å². The van der Waals surface area contributed by atoms with Gasteiger partial charge in [0.2, 0.25) is 0 Å². The summed E-state index contributed by atoms with van der Waals surface area (Å²) < 4.78 is 6.77. The fraction of sp³-hybridized carbons (Fsp3) is 0.150. The molecule has 1 amide bonds. The Hall–Kier alpha value is -4.01. The van der Waals surface area contributed by atoms with Gasteiger partial charge in [0.15, 0.2) is 0 Å². The van der Waals surface area contributed by atoms with Gasteiger partial charge < -0.3 is 14.9 Å². The Bertz CT molecular complexity index is 1060. The Balaban J connectivity index is 1.63. The Labute approximate surface area is 166 Å². The molecule has 0 fully saturated rings. The van der Waals surface area contributed by atoms with Gasteiger partial charge in [-0.25, -0.2) is 5.43 Å².